The number of anilines is 1. The first-order valence-electron chi connectivity index (χ1n) is 7.50. The molecule has 3 rings (SSSR count). The zero-order valence-electron chi connectivity index (χ0n) is 13.4. The van der Waals surface area contributed by atoms with E-state index in [9.17, 15) is 13.2 Å². The van der Waals surface area contributed by atoms with Crippen molar-refractivity contribution in [2.24, 2.45) is 0 Å². The fourth-order valence-electron chi connectivity index (χ4n) is 2.45. The lowest BCUT2D eigenvalue weighted by molar-refractivity contribution is -0.115. The molecule has 0 saturated heterocycles. The average molecular weight is 362 g/mol. The number of fused-ring (bicyclic) bond motifs is 1. The molecule has 0 radical (unpaired) electrons. The van der Waals surface area contributed by atoms with Gasteiger partial charge in [0.15, 0.2) is 0 Å². The maximum absolute atomic E-state index is 12.8. The Hall–Kier alpha value is -1.83. The first-order chi connectivity index (χ1) is 11.4. The van der Waals surface area contributed by atoms with E-state index in [2.05, 4.69) is 5.32 Å². The third kappa shape index (κ3) is 3.33. The largest absolute Gasteiger partial charge is 0.324 e. The number of thioether (sulfide) groups is 1. The van der Waals surface area contributed by atoms with Crippen molar-refractivity contribution in [2.45, 2.75) is 28.5 Å². The summed E-state index contributed by atoms with van der Waals surface area (Å²) in [6.45, 7) is 2.11. The van der Waals surface area contributed by atoms with Gasteiger partial charge in [-0.25, -0.2) is 8.42 Å². The maximum Gasteiger partial charge on any atom is 0.243 e. The van der Waals surface area contributed by atoms with Crippen LogP contribution in [-0.4, -0.2) is 30.9 Å². The van der Waals surface area contributed by atoms with E-state index in [4.69, 9.17) is 0 Å². The standard InChI is InChI=1S/C17H18N2O3S2/c1-12-17(20)18-15-10-14(8-9-16(15)23-12)24(21,22)19(2)11-13-6-4-3-5-7-13/h3-10,12H,11H2,1-2H3,(H,18,20)/t12-/m1/s1. The van der Waals surface area contributed by atoms with Crippen molar-refractivity contribution in [3.63, 3.8) is 0 Å². The molecule has 2 aromatic carbocycles. The van der Waals surface area contributed by atoms with Crippen LogP contribution in [0.25, 0.3) is 0 Å². The second-order valence-corrected chi connectivity index (χ2v) is 9.08. The van der Waals surface area contributed by atoms with Gasteiger partial charge in [0.2, 0.25) is 15.9 Å². The summed E-state index contributed by atoms with van der Waals surface area (Å²) in [7, 11) is -2.08. The number of benzene rings is 2. The Morgan fingerprint density at radius 1 is 1.17 bits per heavy atom. The number of hydrogen-bond donors (Lipinski definition) is 1. The molecule has 1 atom stereocenters. The molecule has 0 spiro atoms. The highest BCUT2D eigenvalue weighted by molar-refractivity contribution is 8.01. The van der Waals surface area contributed by atoms with Gasteiger partial charge in [0, 0.05) is 18.5 Å². The Bertz CT molecular complexity index is 867. The molecule has 126 valence electrons. The van der Waals surface area contributed by atoms with Crippen LogP contribution in [0, 0.1) is 0 Å². The van der Waals surface area contributed by atoms with E-state index in [1.807, 2.05) is 37.3 Å². The molecule has 24 heavy (non-hydrogen) atoms. The number of nitrogens with zero attached hydrogens (tertiary/aromatic N) is 1. The smallest absolute Gasteiger partial charge is 0.243 e. The molecule has 7 heteroatoms. The Balaban J connectivity index is 1.87. The van der Waals surface area contributed by atoms with Crippen molar-refractivity contribution in [1.82, 2.24) is 4.31 Å². The summed E-state index contributed by atoms with van der Waals surface area (Å²) < 4.78 is 26.9. The van der Waals surface area contributed by atoms with E-state index in [0.717, 1.165) is 10.5 Å². The summed E-state index contributed by atoms with van der Waals surface area (Å²) in [4.78, 5) is 12.9. The van der Waals surface area contributed by atoms with Crippen LogP contribution < -0.4 is 5.32 Å². The zero-order chi connectivity index (χ0) is 17.3. The van der Waals surface area contributed by atoms with Gasteiger partial charge in [0.05, 0.1) is 15.8 Å². The van der Waals surface area contributed by atoms with Gasteiger partial charge in [-0.15, -0.1) is 11.8 Å². The van der Waals surface area contributed by atoms with E-state index in [-0.39, 0.29) is 16.1 Å². The summed E-state index contributed by atoms with van der Waals surface area (Å²) in [5, 5.41) is 2.59. The van der Waals surface area contributed by atoms with Gasteiger partial charge in [-0.05, 0) is 30.7 Å². The second kappa shape index (κ2) is 6.58. The summed E-state index contributed by atoms with van der Waals surface area (Å²) in [5.41, 5.74) is 1.47. The van der Waals surface area contributed by atoms with Crippen molar-refractivity contribution in [3.8, 4) is 0 Å². The summed E-state index contributed by atoms with van der Waals surface area (Å²) in [6.07, 6.45) is 0. The molecule has 0 aromatic heterocycles. The Labute approximate surface area is 146 Å². The van der Waals surface area contributed by atoms with Gasteiger partial charge in [0.25, 0.3) is 0 Å². The minimum atomic E-state index is -3.63. The van der Waals surface area contributed by atoms with E-state index >= 15 is 0 Å². The van der Waals surface area contributed by atoms with Gasteiger partial charge in [-0.1, -0.05) is 30.3 Å². The molecular weight excluding hydrogens is 344 g/mol. The van der Waals surface area contributed by atoms with E-state index < -0.39 is 10.0 Å². The Morgan fingerprint density at radius 2 is 1.88 bits per heavy atom. The normalized spacial score (nSPS) is 17.5. The van der Waals surface area contributed by atoms with E-state index in [1.165, 1.54) is 22.1 Å². The van der Waals surface area contributed by atoms with Crippen molar-refractivity contribution in [2.75, 3.05) is 12.4 Å². The molecule has 2 aromatic rings. The van der Waals surface area contributed by atoms with Gasteiger partial charge >= 0.3 is 0 Å². The molecule has 0 saturated carbocycles. The van der Waals surface area contributed by atoms with Crippen LogP contribution >= 0.6 is 11.8 Å². The van der Waals surface area contributed by atoms with Gasteiger partial charge < -0.3 is 5.32 Å². The van der Waals surface area contributed by atoms with Crippen molar-refractivity contribution < 1.29 is 13.2 Å². The highest BCUT2D eigenvalue weighted by Crippen LogP contribution is 2.37. The van der Waals surface area contributed by atoms with Crippen LogP contribution in [0.1, 0.15) is 12.5 Å². The lowest BCUT2D eigenvalue weighted by Gasteiger charge is -2.23. The molecule has 0 bridgehead atoms. The number of rotatable bonds is 4. The van der Waals surface area contributed by atoms with Gasteiger partial charge in [-0.2, -0.15) is 4.31 Å². The summed E-state index contributed by atoms with van der Waals surface area (Å²) in [5.74, 6) is -0.111. The second-order valence-electron chi connectivity index (χ2n) is 5.65. The predicted molar refractivity (Wildman–Crippen MR) is 95.5 cm³/mol. The molecule has 5 nitrogen and oxygen atoms in total. The van der Waals surface area contributed by atoms with Crippen molar-refractivity contribution >= 4 is 33.4 Å². The SMILES string of the molecule is C[C@H]1Sc2ccc(S(=O)(=O)N(C)Cc3ccccc3)cc2NC1=O. The van der Waals surface area contributed by atoms with Crippen LogP contribution in [0.5, 0.6) is 0 Å². The highest BCUT2D eigenvalue weighted by atomic mass is 32.2. The topological polar surface area (TPSA) is 66.5 Å². The van der Waals surface area contributed by atoms with E-state index in [0.29, 0.717) is 12.2 Å². The Morgan fingerprint density at radius 3 is 2.58 bits per heavy atom. The van der Waals surface area contributed by atoms with Crippen LogP contribution in [-0.2, 0) is 21.4 Å². The van der Waals surface area contributed by atoms with Gasteiger partial charge in [0.1, 0.15) is 0 Å². The van der Waals surface area contributed by atoms with Crippen LogP contribution in [0.2, 0.25) is 0 Å². The van der Waals surface area contributed by atoms with Crippen LogP contribution in [0.3, 0.4) is 0 Å². The molecule has 0 unspecified atom stereocenters. The minimum Gasteiger partial charge on any atom is -0.324 e. The third-order valence-electron chi connectivity index (χ3n) is 3.84. The van der Waals surface area contributed by atoms with Crippen LogP contribution in [0.4, 0.5) is 5.69 Å². The van der Waals surface area contributed by atoms with Crippen molar-refractivity contribution in [1.29, 1.82) is 0 Å². The van der Waals surface area contributed by atoms with Crippen LogP contribution in [0.15, 0.2) is 58.3 Å². The predicted octanol–water partition coefficient (Wildman–Crippen LogP) is 2.94. The number of carbonyl (C=O) groups is 1. The molecule has 0 aliphatic carbocycles. The monoisotopic (exact) mass is 362 g/mol. The quantitative estimate of drug-likeness (QED) is 0.908. The highest BCUT2D eigenvalue weighted by Gasteiger charge is 2.26. The number of carbonyl (C=O) groups excluding carboxylic acids is 1. The molecule has 1 aliphatic heterocycles. The first kappa shape index (κ1) is 17.0. The van der Waals surface area contributed by atoms with E-state index in [1.54, 1.807) is 19.2 Å². The summed E-state index contributed by atoms with van der Waals surface area (Å²) >= 11 is 1.43. The fraction of sp³-hybridized carbons (Fsp3) is 0.235. The first-order valence-corrected chi connectivity index (χ1v) is 9.82. The minimum absolute atomic E-state index is 0.111. The molecule has 1 aliphatic rings. The van der Waals surface area contributed by atoms with Crippen molar-refractivity contribution in [3.05, 3.63) is 54.1 Å². The Kier molecular flexibility index (Phi) is 4.67. The molecule has 0 fully saturated rings. The average Bonchev–Trinajstić information content (AvgIpc) is 2.56. The third-order valence-corrected chi connectivity index (χ3v) is 6.82. The number of amides is 1. The molecule has 1 heterocycles. The summed E-state index contributed by atoms with van der Waals surface area (Å²) in [6, 6.07) is 14.3. The molecular formula is C17H18N2O3S2. The lowest BCUT2D eigenvalue weighted by Crippen LogP contribution is -2.28. The van der Waals surface area contributed by atoms with Gasteiger partial charge in [-0.3, -0.25) is 4.79 Å². The fourth-order valence-corrected chi connectivity index (χ4v) is 4.57. The molecule has 1 amide bonds. The maximum atomic E-state index is 12.8. The number of hydrogen-bond acceptors (Lipinski definition) is 4. The number of sulfonamides is 1. The molecule has 1 N–H and O–H groups in total. The number of nitrogens with one attached hydrogen (secondary N) is 1. The zero-order valence-corrected chi connectivity index (χ0v) is 15.0. The lowest BCUT2D eigenvalue weighted by atomic mass is 10.2.